The number of carbonyl (C=O) groups is 2. The van der Waals surface area contributed by atoms with Crippen LogP contribution in [0.15, 0.2) is 60.7 Å². The Kier molecular flexibility index (Phi) is 4.65. The van der Waals surface area contributed by atoms with Gasteiger partial charge in [-0.2, -0.15) is 0 Å². The molecule has 1 aliphatic carbocycles. The summed E-state index contributed by atoms with van der Waals surface area (Å²) in [5.74, 6) is -0.597. The van der Waals surface area contributed by atoms with Gasteiger partial charge >= 0.3 is 5.97 Å². The lowest BCUT2D eigenvalue weighted by molar-refractivity contribution is -0.151. The molecule has 1 N–H and O–H groups in total. The van der Waals surface area contributed by atoms with Crippen LogP contribution in [0, 0.1) is 0 Å². The molecule has 0 heterocycles. The van der Waals surface area contributed by atoms with Crippen molar-refractivity contribution in [2.45, 2.75) is 31.2 Å². The standard InChI is InChI=1S/C20H21NO3/c1-15(16-8-4-2-5-9-16)21-18(22)14-24-19(23)20(12-13-20)17-10-6-3-7-11-17/h2-11,15H,12-14H2,1H3,(H,21,22). The van der Waals surface area contributed by atoms with Crippen LogP contribution in [0.1, 0.15) is 36.9 Å². The van der Waals surface area contributed by atoms with E-state index in [1.165, 1.54) is 0 Å². The molecule has 24 heavy (non-hydrogen) atoms. The highest BCUT2D eigenvalue weighted by Gasteiger charge is 2.52. The molecule has 1 saturated carbocycles. The van der Waals surface area contributed by atoms with Gasteiger partial charge in [-0.15, -0.1) is 0 Å². The van der Waals surface area contributed by atoms with Gasteiger partial charge in [0, 0.05) is 0 Å². The fourth-order valence-corrected chi connectivity index (χ4v) is 2.87. The van der Waals surface area contributed by atoms with Crippen LogP contribution in [0.4, 0.5) is 0 Å². The molecule has 3 rings (SSSR count). The molecule has 1 fully saturated rings. The molecule has 124 valence electrons. The van der Waals surface area contributed by atoms with Gasteiger partial charge in [0.25, 0.3) is 5.91 Å². The van der Waals surface area contributed by atoms with Crippen molar-refractivity contribution in [1.29, 1.82) is 0 Å². The third-order valence-electron chi connectivity index (χ3n) is 4.48. The molecule has 2 aromatic rings. The minimum atomic E-state index is -0.549. The number of hydrogen-bond donors (Lipinski definition) is 1. The Hall–Kier alpha value is -2.62. The molecule has 1 unspecified atom stereocenters. The monoisotopic (exact) mass is 323 g/mol. The molecule has 2 aromatic carbocycles. The number of ether oxygens (including phenoxy) is 1. The van der Waals surface area contributed by atoms with Gasteiger partial charge in [0.15, 0.2) is 6.61 Å². The lowest BCUT2D eigenvalue weighted by atomic mass is 9.96. The third-order valence-corrected chi connectivity index (χ3v) is 4.48. The fraction of sp³-hybridized carbons (Fsp3) is 0.300. The van der Waals surface area contributed by atoms with E-state index < -0.39 is 5.41 Å². The topological polar surface area (TPSA) is 55.4 Å². The zero-order chi connectivity index (χ0) is 17.0. The Bertz CT molecular complexity index is 708. The van der Waals surface area contributed by atoms with Crippen molar-refractivity contribution in [3.05, 3.63) is 71.8 Å². The minimum Gasteiger partial charge on any atom is -0.455 e. The number of esters is 1. The minimum absolute atomic E-state index is 0.124. The van der Waals surface area contributed by atoms with Crippen LogP contribution in [0.3, 0.4) is 0 Å². The number of benzene rings is 2. The van der Waals surface area contributed by atoms with Crippen molar-refractivity contribution < 1.29 is 14.3 Å². The highest BCUT2D eigenvalue weighted by Crippen LogP contribution is 2.49. The normalized spacial score (nSPS) is 16.0. The molecule has 0 radical (unpaired) electrons. The number of hydrogen-bond acceptors (Lipinski definition) is 3. The Morgan fingerprint density at radius 1 is 1.04 bits per heavy atom. The summed E-state index contributed by atoms with van der Waals surface area (Å²) in [6, 6.07) is 19.2. The van der Waals surface area contributed by atoms with Crippen LogP contribution in [0.25, 0.3) is 0 Å². The van der Waals surface area contributed by atoms with Crippen molar-refractivity contribution in [1.82, 2.24) is 5.32 Å². The third kappa shape index (κ3) is 3.48. The zero-order valence-electron chi connectivity index (χ0n) is 13.7. The van der Waals surface area contributed by atoms with E-state index in [2.05, 4.69) is 5.32 Å². The van der Waals surface area contributed by atoms with E-state index in [0.29, 0.717) is 0 Å². The number of carbonyl (C=O) groups excluding carboxylic acids is 2. The second kappa shape index (κ2) is 6.87. The highest BCUT2D eigenvalue weighted by atomic mass is 16.5. The summed E-state index contributed by atoms with van der Waals surface area (Å²) in [6.45, 7) is 1.66. The van der Waals surface area contributed by atoms with Crippen LogP contribution < -0.4 is 5.32 Å². The first-order valence-corrected chi connectivity index (χ1v) is 8.19. The van der Waals surface area contributed by atoms with Gasteiger partial charge < -0.3 is 10.1 Å². The first kappa shape index (κ1) is 16.2. The molecule has 1 atom stereocenters. The summed E-state index contributed by atoms with van der Waals surface area (Å²) in [6.07, 6.45) is 1.55. The molecule has 0 aliphatic heterocycles. The van der Waals surface area contributed by atoms with E-state index in [0.717, 1.165) is 24.0 Å². The van der Waals surface area contributed by atoms with E-state index in [9.17, 15) is 9.59 Å². The van der Waals surface area contributed by atoms with Gasteiger partial charge in [-0.1, -0.05) is 60.7 Å². The van der Waals surface area contributed by atoms with Crippen LogP contribution in [0.2, 0.25) is 0 Å². The predicted molar refractivity (Wildman–Crippen MR) is 91.3 cm³/mol. The average Bonchev–Trinajstić information content (AvgIpc) is 3.43. The summed E-state index contributed by atoms with van der Waals surface area (Å²) in [5.41, 5.74) is 1.43. The second-order valence-electron chi connectivity index (χ2n) is 6.22. The summed E-state index contributed by atoms with van der Waals surface area (Å²) in [7, 11) is 0. The average molecular weight is 323 g/mol. The number of rotatable bonds is 6. The summed E-state index contributed by atoms with van der Waals surface area (Å²) in [4.78, 5) is 24.4. The Labute approximate surface area is 141 Å². The summed E-state index contributed by atoms with van der Waals surface area (Å²) >= 11 is 0. The molecule has 1 aliphatic rings. The SMILES string of the molecule is CC(NC(=O)COC(=O)C1(c2ccccc2)CC1)c1ccccc1. The Balaban J connectivity index is 1.52. The Morgan fingerprint density at radius 3 is 2.21 bits per heavy atom. The van der Waals surface area contributed by atoms with Crippen molar-refractivity contribution in [3.8, 4) is 0 Å². The van der Waals surface area contributed by atoms with Crippen LogP contribution in [-0.2, 0) is 19.7 Å². The van der Waals surface area contributed by atoms with Gasteiger partial charge in [0.2, 0.25) is 0 Å². The fourth-order valence-electron chi connectivity index (χ4n) is 2.87. The van der Waals surface area contributed by atoms with E-state index in [1.54, 1.807) is 0 Å². The second-order valence-corrected chi connectivity index (χ2v) is 6.22. The lowest BCUT2D eigenvalue weighted by Crippen LogP contribution is -2.33. The summed E-state index contributed by atoms with van der Waals surface area (Å²) in [5, 5.41) is 2.85. The van der Waals surface area contributed by atoms with E-state index >= 15 is 0 Å². The summed E-state index contributed by atoms with van der Waals surface area (Å²) < 4.78 is 5.27. The van der Waals surface area contributed by atoms with Gasteiger partial charge in [0.1, 0.15) is 0 Å². The first-order valence-electron chi connectivity index (χ1n) is 8.19. The van der Waals surface area contributed by atoms with Crippen LogP contribution >= 0.6 is 0 Å². The van der Waals surface area contributed by atoms with Crippen molar-refractivity contribution in [2.24, 2.45) is 0 Å². The first-order chi connectivity index (χ1) is 11.6. The van der Waals surface area contributed by atoms with Gasteiger partial charge in [-0.3, -0.25) is 9.59 Å². The smallest absolute Gasteiger partial charge is 0.317 e. The van der Waals surface area contributed by atoms with Gasteiger partial charge in [0.05, 0.1) is 11.5 Å². The molecule has 0 saturated heterocycles. The molecule has 0 spiro atoms. The van der Waals surface area contributed by atoms with E-state index in [-0.39, 0.29) is 24.5 Å². The van der Waals surface area contributed by atoms with Gasteiger partial charge in [-0.05, 0) is 30.9 Å². The Morgan fingerprint density at radius 2 is 1.62 bits per heavy atom. The molecular formula is C20H21NO3. The lowest BCUT2D eigenvalue weighted by Gasteiger charge is -2.17. The van der Waals surface area contributed by atoms with E-state index in [1.807, 2.05) is 67.6 Å². The molecule has 0 bridgehead atoms. The number of nitrogens with one attached hydrogen (secondary N) is 1. The largest absolute Gasteiger partial charge is 0.455 e. The van der Waals surface area contributed by atoms with Crippen LogP contribution in [0.5, 0.6) is 0 Å². The van der Waals surface area contributed by atoms with Gasteiger partial charge in [-0.25, -0.2) is 0 Å². The number of amides is 1. The molecule has 0 aromatic heterocycles. The maximum Gasteiger partial charge on any atom is 0.317 e. The van der Waals surface area contributed by atoms with E-state index in [4.69, 9.17) is 4.74 Å². The predicted octanol–water partition coefficient (Wildman–Crippen LogP) is 3.14. The highest BCUT2D eigenvalue weighted by molar-refractivity contribution is 5.89. The van der Waals surface area contributed by atoms with Crippen molar-refractivity contribution >= 4 is 11.9 Å². The molecule has 1 amide bonds. The van der Waals surface area contributed by atoms with Crippen molar-refractivity contribution in [2.75, 3.05) is 6.61 Å². The molecule has 4 heteroatoms. The molecule has 4 nitrogen and oxygen atoms in total. The zero-order valence-corrected chi connectivity index (χ0v) is 13.7. The maximum absolute atomic E-state index is 12.4. The van der Waals surface area contributed by atoms with Crippen molar-refractivity contribution in [3.63, 3.8) is 0 Å². The molecular weight excluding hydrogens is 302 g/mol. The quantitative estimate of drug-likeness (QED) is 0.831. The maximum atomic E-state index is 12.4. The van der Waals surface area contributed by atoms with Crippen LogP contribution in [-0.4, -0.2) is 18.5 Å².